The van der Waals surface area contributed by atoms with Crippen molar-refractivity contribution >= 4 is 33.4 Å². The van der Waals surface area contributed by atoms with Crippen LogP contribution in [0.1, 0.15) is 19.3 Å². The fraction of sp³-hybridized carbons (Fsp3) is 0.294. The van der Waals surface area contributed by atoms with Gasteiger partial charge >= 0.3 is 0 Å². The molecule has 4 aromatic heterocycles. The molecule has 6 aromatic rings. The Kier molecular flexibility index (Phi) is 5.92. The van der Waals surface area contributed by atoms with E-state index in [0.29, 0.717) is 5.41 Å². The number of hydrogen-bond donors (Lipinski definition) is 2. The number of pyridine rings is 2. The predicted octanol–water partition coefficient (Wildman–Crippen LogP) is 6.31. The number of rotatable bonds is 8. The zero-order valence-electron chi connectivity index (χ0n) is 24.3. The monoisotopic (exact) mass is 584 g/mol. The number of unbranched alkanes of at least 4 members (excludes halogenated alkanes) is 2. The number of fused-ring (bicyclic) bond motifs is 4. The SMILES string of the molecule is c1cc2[nH]ncc2cc1-c1cnc2c(c1)Oc1cc(-c3ccc4[nH]ncc4c3)cnc1N2CCCCCN1CC2(COC2)C1. The molecule has 2 fully saturated rings. The molecule has 0 atom stereocenters. The number of H-pyrrole nitrogens is 2. The number of hydrogen-bond acceptors (Lipinski definition) is 8. The fourth-order valence-corrected chi connectivity index (χ4v) is 6.84. The van der Waals surface area contributed by atoms with E-state index in [1.165, 1.54) is 19.5 Å². The van der Waals surface area contributed by atoms with Crippen molar-refractivity contribution < 1.29 is 9.47 Å². The van der Waals surface area contributed by atoms with E-state index in [-0.39, 0.29) is 0 Å². The van der Waals surface area contributed by atoms with E-state index in [2.05, 4.69) is 66.6 Å². The summed E-state index contributed by atoms with van der Waals surface area (Å²) in [5.74, 6) is 3.08. The van der Waals surface area contributed by atoms with Crippen molar-refractivity contribution in [2.24, 2.45) is 5.41 Å². The highest BCUT2D eigenvalue weighted by Gasteiger charge is 2.48. The van der Waals surface area contributed by atoms with E-state index < -0.39 is 0 Å². The van der Waals surface area contributed by atoms with Gasteiger partial charge in [-0.25, -0.2) is 9.97 Å². The number of nitrogens with zero attached hydrogens (tertiary/aromatic N) is 6. The second kappa shape index (κ2) is 10.1. The Morgan fingerprint density at radius 2 is 1.25 bits per heavy atom. The third kappa shape index (κ3) is 4.40. The van der Waals surface area contributed by atoms with Crippen LogP contribution in [-0.4, -0.2) is 74.7 Å². The first-order valence-electron chi connectivity index (χ1n) is 15.3. The molecular weight excluding hydrogens is 552 g/mol. The van der Waals surface area contributed by atoms with Gasteiger partial charge in [-0.05, 0) is 66.9 Å². The molecule has 0 unspecified atom stereocenters. The minimum atomic E-state index is 0.477. The van der Waals surface area contributed by atoms with Crippen LogP contribution in [0, 0.1) is 5.41 Å². The van der Waals surface area contributed by atoms with Crippen molar-refractivity contribution in [3.05, 3.63) is 73.3 Å². The summed E-state index contributed by atoms with van der Waals surface area (Å²) in [5.41, 5.74) is 6.62. The fourth-order valence-electron chi connectivity index (χ4n) is 6.84. The number of nitrogens with one attached hydrogen (secondary N) is 2. The maximum absolute atomic E-state index is 6.57. The van der Waals surface area contributed by atoms with Gasteiger partial charge in [0.1, 0.15) is 0 Å². The zero-order chi connectivity index (χ0) is 29.1. The summed E-state index contributed by atoms with van der Waals surface area (Å²) in [6, 6.07) is 16.7. The van der Waals surface area contributed by atoms with Gasteiger partial charge in [0, 0.05) is 59.3 Å². The lowest BCUT2D eigenvalue weighted by Gasteiger charge is -2.55. The Bertz CT molecular complexity index is 1880. The van der Waals surface area contributed by atoms with Crippen molar-refractivity contribution in [3.63, 3.8) is 0 Å². The second-order valence-electron chi connectivity index (χ2n) is 12.5. The van der Waals surface area contributed by atoms with Gasteiger partial charge in [-0.1, -0.05) is 18.6 Å². The van der Waals surface area contributed by atoms with Crippen molar-refractivity contribution in [3.8, 4) is 33.8 Å². The lowest BCUT2D eigenvalue weighted by atomic mass is 9.78. The number of anilines is 2. The molecule has 0 saturated carbocycles. The number of likely N-dealkylation sites (tertiary alicyclic amines) is 1. The molecule has 0 bridgehead atoms. The maximum atomic E-state index is 6.57. The van der Waals surface area contributed by atoms with Crippen molar-refractivity contribution in [1.82, 2.24) is 35.3 Å². The summed E-state index contributed by atoms with van der Waals surface area (Å²) in [6.07, 6.45) is 10.9. The lowest BCUT2D eigenvalue weighted by molar-refractivity contribution is -0.188. The first kappa shape index (κ1) is 25.7. The molecular formula is C34H32N8O2. The van der Waals surface area contributed by atoms with Gasteiger partial charge in [-0.2, -0.15) is 10.2 Å². The van der Waals surface area contributed by atoms with Gasteiger partial charge < -0.3 is 19.3 Å². The normalized spacial score (nSPS) is 16.9. The third-order valence-electron chi connectivity index (χ3n) is 9.23. The molecule has 0 radical (unpaired) electrons. The van der Waals surface area contributed by atoms with Gasteiger partial charge in [-0.3, -0.25) is 10.2 Å². The average molecular weight is 585 g/mol. The summed E-state index contributed by atoms with van der Waals surface area (Å²) < 4.78 is 12.0. The van der Waals surface area contributed by atoms with Crippen LogP contribution in [0.5, 0.6) is 11.5 Å². The topological polar surface area (TPSA) is 108 Å². The molecule has 0 aliphatic carbocycles. The molecule has 44 heavy (non-hydrogen) atoms. The van der Waals surface area contributed by atoms with E-state index in [1.807, 2.05) is 36.9 Å². The van der Waals surface area contributed by atoms with Gasteiger partial charge in [0.05, 0.1) is 36.6 Å². The molecule has 1 spiro atoms. The van der Waals surface area contributed by atoms with E-state index in [1.54, 1.807) is 0 Å². The zero-order valence-corrected chi connectivity index (χ0v) is 24.3. The van der Waals surface area contributed by atoms with Gasteiger partial charge in [0.25, 0.3) is 0 Å². The predicted molar refractivity (Wildman–Crippen MR) is 169 cm³/mol. The van der Waals surface area contributed by atoms with Crippen LogP contribution in [0.15, 0.2) is 73.3 Å². The molecule has 9 rings (SSSR count). The highest BCUT2D eigenvalue weighted by atomic mass is 16.5. The van der Waals surface area contributed by atoms with Crippen molar-refractivity contribution in [1.29, 1.82) is 0 Å². The molecule has 7 heterocycles. The summed E-state index contributed by atoms with van der Waals surface area (Å²) in [7, 11) is 0. The first-order chi connectivity index (χ1) is 21.7. The molecule has 2 saturated heterocycles. The average Bonchev–Trinajstić information content (AvgIpc) is 3.68. The van der Waals surface area contributed by atoms with Crippen LogP contribution < -0.4 is 9.64 Å². The van der Waals surface area contributed by atoms with Crippen LogP contribution >= 0.6 is 0 Å². The van der Waals surface area contributed by atoms with E-state index in [4.69, 9.17) is 19.4 Å². The molecule has 3 aliphatic heterocycles. The maximum Gasteiger partial charge on any atom is 0.177 e. The van der Waals surface area contributed by atoms with Crippen LogP contribution in [0.25, 0.3) is 44.1 Å². The highest BCUT2D eigenvalue weighted by molar-refractivity contribution is 5.86. The van der Waals surface area contributed by atoms with Crippen LogP contribution in [0.3, 0.4) is 0 Å². The Morgan fingerprint density at radius 3 is 1.82 bits per heavy atom. The summed E-state index contributed by atoms with van der Waals surface area (Å²) in [5, 5.41) is 16.5. The Balaban J connectivity index is 0.991. The summed E-state index contributed by atoms with van der Waals surface area (Å²) >= 11 is 0. The van der Waals surface area contributed by atoms with Crippen molar-refractivity contribution in [2.75, 3.05) is 44.3 Å². The quantitative estimate of drug-likeness (QED) is 0.201. The minimum Gasteiger partial charge on any atom is -0.450 e. The molecule has 2 aromatic carbocycles. The second-order valence-corrected chi connectivity index (χ2v) is 12.5. The standard InChI is InChI=1S/C34H32N8O2/c1(2-8-41-18-34(19-41)20-43-21-34)3-9-42-32-30(12-24(14-35-32)22-4-6-28-26(10-22)16-37-39-28)44-31-13-25(15-36-33(31)42)23-5-7-29-27(11-23)17-38-40-29/h4-7,10-17H,1-3,8-9,18-21H2,(H,37,39)(H,38,40). The van der Waals surface area contributed by atoms with Crippen molar-refractivity contribution in [2.45, 2.75) is 19.3 Å². The van der Waals surface area contributed by atoms with Crippen LogP contribution in [-0.2, 0) is 4.74 Å². The van der Waals surface area contributed by atoms with Gasteiger partial charge in [0.2, 0.25) is 0 Å². The smallest absolute Gasteiger partial charge is 0.177 e. The van der Waals surface area contributed by atoms with Crippen LogP contribution in [0.4, 0.5) is 11.6 Å². The summed E-state index contributed by atoms with van der Waals surface area (Å²) in [6.45, 7) is 6.25. The third-order valence-corrected chi connectivity index (χ3v) is 9.23. The Hall–Kier alpha value is -4.80. The minimum absolute atomic E-state index is 0.477. The Morgan fingerprint density at radius 1 is 0.659 bits per heavy atom. The summed E-state index contributed by atoms with van der Waals surface area (Å²) in [4.78, 5) is 14.7. The molecule has 0 amide bonds. The van der Waals surface area contributed by atoms with Gasteiger partial charge in [-0.15, -0.1) is 0 Å². The van der Waals surface area contributed by atoms with Gasteiger partial charge in [0.15, 0.2) is 23.1 Å². The lowest BCUT2D eigenvalue weighted by Crippen LogP contribution is -2.65. The Labute approximate surface area is 254 Å². The molecule has 2 N–H and O–H groups in total. The molecule has 10 heteroatoms. The number of benzene rings is 2. The first-order valence-corrected chi connectivity index (χ1v) is 15.3. The molecule has 3 aliphatic rings. The van der Waals surface area contributed by atoms with E-state index >= 15 is 0 Å². The largest absolute Gasteiger partial charge is 0.450 e. The number of aromatic amines is 2. The molecule has 10 nitrogen and oxygen atoms in total. The number of ether oxygens (including phenoxy) is 2. The van der Waals surface area contributed by atoms with Crippen LogP contribution in [0.2, 0.25) is 0 Å². The highest BCUT2D eigenvalue weighted by Crippen LogP contribution is 2.47. The van der Waals surface area contributed by atoms with E-state index in [0.717, 1.165) is 106 Å². The number of aromatic nitrogens is 6. The molecule has 220 valence electrons. The van der Waals surface area contributed by atoms with E-state index in [9.17, 15) is 0 Å².